The van der Waals surface area contributed by atoms with E-state index in [4.69, 9.17) is 5.73 Å². The minimum absolute atomic E-state index is 0.0158. The van der Waals surface area contributed by atoms with Gasteiger partial charge in [-0.3, -0.25) is 0 Å². The van der Waals surface area contributed by atoms with Crippen LogP contribution in [0.5, 0.6) is 0 Å². The number of nitrogens with zero attached hydrogens (tertiary/aromatic N) is 2. The van der Waals surface area contributed by atoms with Gasteiger partial charge >= 0.3 is 0 Å². The van der Waals surface area contributed by atoms with Crippen LogP contribution >= 0.6 is 11.3 Å². The molecule has 0 spiro atoms. The lowest BCUT2D eigenvalue weighted by atomic mass is 10.2. The molecular weight excluding hydrogens is 272 g/mol. The van der Waals surface area contributed by atoms with Crippen molar-refractivity contribution in [3.05, 3.63) is 34.8 Å². The minimum atomic E-state index is -3.56. The zero-order valence-corrected chi connectivity index (χ0v) is 11.0. The van der Waals surface area contributed by atoms with Crippen LogP contribution in [0.2, 0.25) is 0 Å². The summed E-state index contributed by atoms with van der Waals surface area (Å²) in [5.41, 5.74) is 6.41. The normalized spacial score (nSPS) is 11.6. The zero-order valence-electron chi connectivity index (χ0n) is 9.41. The van der Waals surface area contributed by atoms with Gasteiger partial charge in [-0.2, -0.15) is 11.3 Å². The summed E-state index contributed by atoms with van der Waals surface area (Å²) in [5.74, 6) is 0.0484. The largest absolute Gasteiger partial charge is 0.368 e. The predicted octanol–water partition coefficient (Wildman–Crippen LogP) is 0.641. The van der Waals surface area contributed by atoms with Gasteiger partial charge in [-0.05, 0) is 28.8 Å². The fourth-order valence-corrected chi connectivity index (χ4v) is 2.94. The second kappa shape index (κ2) is 5.42. The van der Waals surface area contributed by atoms with Gasteiger partial charge in [-0.25, -0.2) is 23.1 Å². The Morgan fingerprint density at radius 3 is 2.67 bits per heavy atom. The second-order valence-corrected chi connectivity index (χ2v) is 6.10. The van der Waals surface area contributed by atoms with Gasteiger partial charge in [-0.1, -0.05) is 0 Å². The van der Waals surface area contributed by atoms with Gasteiger partial charge in [0.15, 0.2) is 0 Å². The molecular formula is C10H12N4O2S2. The summed E-state index contributed by atoms with van der Waals surface area (Å²) in [6.45, 7) is 0.337. The Hall–Kier alpha value is -1.51. The molecule has 96 valence electrons. The van der Waals surface area contributed by atoms with Crippen LogP contribution in [0.25, 0.3) is 0 Å². The molecule has 0 amide bonds. The smallest absolute Gasteiger partial charge is 0.243 e. The number of nitrogens with two attached hydrogens (primary N) is 1. The van der Waals surface area contributed by atoms with E-state index in [1.807, 2.05) is 16.8 Å². The van der Waals surface area contributed by atoms with Gasteiger partial charge in [0.25, 0.3) is 0 Å². The first-order chi connectivity index (χ1) is 8.58. The third kappa shape index (κ3) is 3.25. The van der Waals surface area contributed by atoms with Crippen molar-refractivity contribution in [1.82, 2.24) is 14.7 Å². The highest BCUT2D eigenvalue weighted by Gasteiger charge is 2.14. The van der Waals surface area contributed by atoms with Crippen molar-refractivity contribution < 1.29 is 8.42 Å². The number of aromatic nitrogens is 2. The van der Waals surface area contributed by atoms with E-state index in [1.165, 1.54) is 12.4 Å². The van der Waals surface area contributed by atoms with Crippen molar-refractivity contribution in [3.63, 3.8) is 0 Å². The Labute approximate surface area is 109 Å². The number of hydrogen-bond donors (Lipinski definition) is 2. The van der Waals surface area contributed by atoms with E-state index in [1.54, 1.807) is 11.3 Å². The zero-order chi connectivity index (χ0) is 13.0. The number of nitrogen functional groups attached to an aromatic ring is 1. The van der Waals surface area contributed by atoms with Gasteiger partial charge in [-0.15, -0.1) is 0 Å². The Morgan fingerprint density at radius 2 is 2.06 bits per heavy atom. The number of nitrogens with one attached hydrogen (secondary N) is 1. The molecule has 0 aliphatic heterocycles. The topological polar surface area (TPSA) is 98.0 Å². The van der Waals surface area contributed by atoms with Crippen LogP contribution in [0.1, 0.15) is 5.56 Å². The second-order valence-electron chi connectivity index (χ2n) is 3.56. The number of anilines is 1. The lowest BCUT2D eigenvalue weighted by Gasteiger charge is -2.05. The van der Waals surface area contributed by atoms with Crippen molar-refractivity contribution >= 4 is 27.3 Å². The monoisotopic (exact) mass is 284 g/mol. The summed E-state index contributed by atoms with van der Waals surface area (Å²) in [4.78, 5) is 7.32. The summed E-state index contributed by atoms with van der Waals surface area (Å²) >= 11 is 1.58. The highest BCUT2D eigenvalue weighted by atomic mass is 32.2. The molecule has 2 heterocycles. The van der Waals surface area contributed by atoms with Crippen LogP contribution in [0.15, 0.2) is 34.1 Å². The fraction of sp³-hybridized carbons (Fsp3) is 0.200. The van der Waals surface area contributed by atoms with E-state index in [-0.39, 0.29) is 10.8 Å². The number of rotatable bonds is 5. The number of hydrogen-bond acceptors (Lipinski definition) is 6. The summed E-state index contributed by atoms with van der Waals surface area (Å²) in [7, 11) is -3.56. The Balaban J connectivity index is 1.97. The van der Waals surface area contributed by atoms with Crippen molar-refractivity contribution in [2.45, 2.75) is 11.3 Å². The SMILES string of the molecule is Nc1ncc(S(=O)(=O)NCCc2ccsc2)cn1. The van der Waals surface area contributed by atoms with Crippen molar-refractivity contribution in [2.24, 2.45) is 0 Å². The van der Waals surface area contributed by atoms with Gasteiger partial charge in [0.05, 0.1) is 12.4 Å². The van der Waals surface area contributed by atoms with Crippen LogP contribution in [0, 0.1) is 0 Å². The molecule has 18 heavy (non-hydrogen) atoms. The minimum Gasteiger partial charge on any atom is -0.368 e. The van der Waals surface area contributed by atoms with Gasteiger partial charge in [0.2, 0.25) is 16.0 Å². The first-order valence-electron chi connectivity index (χ1n) is 5.16. The molecule has 6 nitrogen and oxygen atoms in total. The molecule has 0 bridgehead atoms. The third-order valence-electron chi connectivity index (χ3n) is 2.24. The molecule has 0 saturated heterocycles. The van der Waals surface area contributed by atoms with E-state index in [0.29, 0.717) is 13.0 Å². The Bertz CT molecular complexity index is 593. The van der Waals surface area contributed by atoms with Crippen molar-refractivity contribution in [3.8, 4) is 0 Å². The lowest BCUT2D eigenvalue weighted by Crippen LogP contribution is -2.26. The molecule has 0 aliphatic carbocycles. The van der Waals surface area contributed by atoms with E-state index in [0.717, 1.165) is 5.56 Å². The Morgan fingerprint density at radius 1 is 1.33 bits per heavy atom. The molecule has 0 radical (unpaired) electrons. The summed E-state index contributed by atoms with van der Waals surface area (Å²) in [5, 5.41) is 3.94. The summed E-state index contributed by atoms with van der Waals surface area (Å²) < 4.78 is 26.2. The average Bonchev–Trinajstić information content (AvgIpc) is 2.82. The lowest BCUT2D eigenvalue weighted by molar-refractivity contribution is 0.581. The van der Waals surface area contributed by atoms with E-state index in [9.17, 15) is 8.42 Å². The van der Waals surface area contributed by atoms with Crippen LogP contribution in [0.3, 0.4) is 0 Å². The maximum absolute atomic E-state index is 11.8. The Kier molecular flexibility index (Phi) is 3.90. The molecule has 2 aromatic rings. The van der Waals surface area contributed by atoms with Crippen LogP contribution in [-0.2, 0) is 16.4 Å². The van der Waals surface area contributed by atoms with Gasteiger partial charge in [0, 0.05) is 6.54 Å². The first-order valence-corrected chi connectivity index (χ1v) is 7.59. The van der Waals surface area contributed by atoms with Crippen LogP contribution < -0.4 is 10.5 Å². The number of thiophene rings is 1. The van der Waals surface area contributed by atoms with E-state index in [2.05, 4.69) is 14.7 Å². The molecule has 0 aliphatic rings. The molecule has 0 saturated carbocycles. The van der Waals surface area contributed by atoms with Crippen molar-refractivity contribution in [1.29, 1.82) is 0 Å². The molecule has 0 fully saturated rings. The predicted molar refractivity (Wildman–Crippen MR) is 69.7 cm³/mol. The van der Waals surface area contributed by atoms with Gasteiger partial charge in [0.1, 0.15) is 4.90 Å². The summed E-state index contributed by atoms with van der Waals surface area (Å²) in [6.07, 6.45) is 3.03. The molecule has 0 unspecified atom stereocenters. The van der Waals surface area contributed by atoms with Gasteiger partial charge < -0.3 is 5.73 Å². The maximum atomic E-state index is 11.8. The van der Waals surface area contributed by atoms with Crippen LogP contribution in [0.4, 0.5) is 5.95 Å². The molecule has 2 rings (SSSR count). The first kappa shape index (κ1) is 12.9. The summed E-state index contributed by atoms with van der Waals surface area (Å²) in [6, 6.07) is 1.96. The van der Waals surface area contributed by atoms with E-state index < -0.39 is 10.0 Å². The third-order valence-corrected chi connectivity index (χ3v) is 4.39. The highest BCUT2D eigenvalue weighted by Crippen LogP contribution is 2.08. The molecule has 0 atom stereocenters. The average molecular weight is 284 g/mol. The standard InChI is InChI=1S/C10H12N4O2S2/c11-10-12-5-9(6-13-10)18(15,16)14-3-1-8-2-4-17-7-8/h2,4-7,14H,1,3H2,(H2,11,12,13). The molecule has 3 N–H and O–H groups in total. The maximum Gasteiger partial charge on any atom is 0.243 e. The van der Waals surface area contributed by atoms with Crippen molar-refractivity contribution in [2.75, 3.05) is 12.3 Å². The molecule has 2 aromatic heterocycles. The highest BCUT2D eigenvalue weighted by molar-refractivity contribution is 7.89. The fourth-order valence-electron chi connectivity index (χ4n) is 1.31. The quantitative estimate of drug-likeness (QED) is 0.839. The van der Waals surface area contributed by atoms with Crippen LogP contribution in [-0.4, -0.2) is 24.9 Å². The number of sulfonamides is 1. The van der Waals surface area contributed by atoms with E-state index >= 15 is 0 Å². The molecule has 0 aromatic carbocycles. The molecule has 8 heteroatoms.